The highest BCUT2D eigenvalue weighted by atomic mass is 32.2. The molecular weight excluding hydrogens is 418 g/mol. The predicted molar refractivity (Wildman–Crippen MR) is 122 cm³/mol. The molecule has 0 unspecified atom stereocenters. The molecule has 0 saturated carbocycles. The summed E-state index contributed by atoms with van der Waals surface area (Å²) in [5.74, 6) is 1.82. The van der Waals surface area contributed by atoms with E-state index in [9.17, 15) is 9.59 Å². The number of fused-ring (bicyclic) bond motifs is 1. The number of rotatable bonds is 6. The van der Waals surface area contributed by atoms with Crippen LogP contribution in [0.5, 0.6) is 5.75 Å². The molecule has 1 amide bonds. The van der Waals surface area contributed by atoms with Crippen molar-refractivity contribution >= 4 is 39.2 Å². The molecule has 8 heteroatoms. The second-order valence-corrected chi connectivity index (χ2v) is 9.48. The number of methoxy groups -OCH3 is 1. The largest absolute Gasteiger partial charge is 0.497 e. The van der Waals surface area contributed by atoms with Crippen molar-refractivity contribution < 1.29 is 9.53 Å². The fourth-order valence-electron chi connectivity index (χ4n) is 3.60. The van der Waals surface area contributed by atoms with Crippen molar-refractivity contribution in [3.05, 3.63) is 51.6 Å². The van der Waals surface area contributed by atoms with Gasteiger partial charge in [0.05, 0.1) is 24.9 Å². The van der Waals surface area contributed by atoms with Crippen molar-refractivity contribution in [3.8, 4) is 5.75 Å². The molecule has 0 bridgehead atoms. The molecule has 158 valence electrons. The van der Waals surface area contributed by atoms with E-state index in [1.165, 1.54) is 23.1 Å². The number of thiophene rings is 1. The van der Waals surface area contributed by atoms with Crippen molar-refractivity contribution in [1.82, 2.24) is 14.5 Å². The van der Waals surface area contributed by atoms with Crippen molar-refractivity contribution in [2.75, 3.05) is 26.0 Å². The Morgan fingerprint density at radius 3 is 2.87 bits per heavy atom. The minimum Gasteiger partial charge on any atom is -0.497 e. The summed E-state index contributed by atoms with van der Waals surface area (Å²) in [6.07, 6.45) is 2.10. The van der Waals surface area contributed by atoms with Crippen LogP contribution in [0.1, 0.15) is 25.3 Å². The first-order chi connectivity index (χ1) is 14.5. The summed E-state index contributed by atoms with van der Waals surface area (Å²) in [5.41, 5.74) is 1.57. The minimum atomic E-state index is -0.0698. The number of nitrogens with zero attached hydrogens (tertiary/aromatic N) is 3. The van der Waals surface area contributed by atoms with Gasteiger partial charge in [-0.05, 0) is 47.9 Å². The third kappa shape index (κ3) is 4.54. The van der Waals surface area contributed by atoms with E-state index in [0.29, 0.717) is 27.8 Å². The number of likely N-dealkylation sites (tertiary alicyclic amines) is 1. The van der Waals surface area contributed by atoms with Crippen molar-refractivity contribution in [1.29, 1.82) is 0 Å². The van der Waals surface area contributed by atoms with Crippen LogP contribution in [0.25, 0.3) is 10.2 Å². The van der Waals surface area contributed by atoms with Gasteiger partial charge in [-0.3, -0.25) is 14.2 Å². The summed E-state index contributed by atoms with van der Waals surface area (Å²) in [6, 6.07) is 9.52. The van der Waals surface area contributed by atoms with Gasteiger partial charge in [0.2, 0.25) is 5.91 Å². The lowest BCUT2D eigenvalue weighted by Gasteiger charge is -2.30. The van der Waals surface area contributed by atoms with Crippen LogP contribution in [0.3, 0.4) is 0 Å². The number of benzene rings is 1. The Labute approximate surface area is 183 Å². The Hall–Kier alpha value is -2.32. The van der Waals surface area contributed by atoms with E-state index in [4.69, 9.17) is 9.72 Å². The summed E-state index contributed by atoms with van der Waals surface area (Å²) >= 11 is 2.74. The molecule has 3 aromatic rings. The SMILES string of the molecule is COc1cccc(Cn2c(SCC(=O)N3CCC(C)CC3)nc3ccsc3c2=O)c1. The van der Waals surface area contributed by atoms with Crippen LogP contribution in [0, 0.1) is 5.92 Å². The molecule has 1 aliphatic heterocycles. The second-order valence-electron chi connectivity index (χ2n) is 7.62. The molecule has 1 saturated heterocycles. The van der Waals surface area contributed by atoms with Crippen molar-refractivity contribution in [3.63, 3.8) is 0 Å². The molecule has 6 nitrogen and oxygen atoms in total. The van der Waals surface area contributed by atoms with Crippen molar-refractivity contribution in [2.24, 2.45) is 5.92 Å². The molecule has 0 radical (unpaired) electrons. The third-order valence-corrected chi connectivity index (χ3v) is 7.32. The zero-order valence-electron chi connectivity index (χ0n) is 17.2. The zero-order chi connectivity index (χ0) is 21.1. The first-order valence-electron chi connectivity index (χ1n) is 10.1. The Morgan fingerprint density at radius 1 is 1.30 bits per heavy atom. The van der Waals surface area contributed by atoms with Crippen LogP contribution in [0.4, 0.5) is 0 Å². The number of carbonyl (C=O) groups excluding carboxylic acids is 1. The van der Waals surface area contributed by atoms with E-state index in [1.54, 1.807) is 11.7 Å². The highest BCUT2D eigenvalue weighted by molar-refractivity contribution is 7.99. The van der Waals surface area contributed by atoms with Gasteiger partial charge in [-0.2, -0.15) is 0 Å². The first kappa shape index (κ1) is 20.9. The van der Waals surface area contributed by atoms with Crippen LogP contribution < -0.4 is 10.3 Å². The number of thioether (sulfide) groups is 1. The first-order valence-corrected chi connectivity index (χ1v) is 11.9. The summed E-state index contributed by atoms with van der Waals surface area (Å²) in [4.78, 5) is 32.5. The Bertz CT molecular complexity index is 1100. The number of hydrogen-bond acceptors (Lipinski definition) is 6. The highest BCUT2D eigenvalue weighted by Gasteiger charge is 2.21. The van der Waals surface area contributed by atoms with Crippen molar-refractivity contribution in [2.45, 2.75) is 31.5 Å². The number of hydrogen-bond donors (Lipinski definition) is 0. The number of aromatic nitrogens is 2. The molecule has 3 heterocycles. The van der Waals surface area contributed by atoms with Gasteiger partial charge >= 0.3 is 0 Å². The van der Waals surface area contributed by atoms with Gasteiger partial charge in [-0.25, -0.2) is 4.98 Å². The quantitative estimate of drug-likeness (QED) is 0.428. The normalized spacial score (nSPS) is 14.9. The van der Waals surface area contributed by atoms with E-state index < -0.39 is 0 Å². The van der Waals surface area contributed by atoms with Crippen LogP contribution in [0.15, 0.2) is 45.7 Å². The molecule has 1 aromatic carbocycles. The van der Waals surface area contributed by atoms with E-state index in [1.807, 2.05) is 40.6 Å². The highest BCUT2D eigenvalue weighted by Crippen LogP contribution is 2.24. The maximum atomic E-state index is 13.1. The monoisotopic (exact) mass is 443 g/mol. The van der Waals surface area contributed by atoms with E-state index in [-0.39, 0.29) is 17.2 Å². The van der Waals surface area contributed by atoms with Gasteiger partial charge in [0.25, 0.3) is 5.56 Å². The molecule has 0 spiro atoms. The topological polar surface area (TPSA) is 64.4 Å². The molecule has 2 aromatic heterocycles. The Morgan fingerprint density at radius 2 is 2.10 bits per heavy atom. The molecule has 1 fully saturated rings. The Kier molecular flexibility index (Phi) is 6.43. The van der Waals surface area contributed by atoms with E-state index >= 15 is 0 Å². The number of carbonyl (C=O) groups is 1. The van der Waals surface area contributed by atoms with Crippen LogP contribution in [-0.4, -0.2) is 46.3 Å². The summed E-state index contributed by atoms with van der Waals surface area (Å²) in [5, 5.41) is 2.45. The smallest absolute Gasteiger partial charge is 0.272 e. The number of piperidine rings is 1. The van der Waals surface area contributed by atoms with E-state index in [0.717, 1.165) is 37.2 Å². The second kappa shape index (κ2) is 9.22. The third-order valence-electron chi connectivity index (χ3n) is 5.47. The molecule has 30 heavy (non-hydrogen) atoms. The molecule has 0 N–H and O–H groups in total. The van der Waals surface area contributed by atoms with Crippen LogP contribution in [0.2, 0.25) is 0 Å². The zero-order valence-corrected chi connectivity index (χ0v) is 18.8. The van der Waals surface area contributed by atoms with Gasteiger partial charge in [0, 0.05) is 13.1 Å². The maximum Gasteiger partial charge on any atom is 0.272 e. The van der Waals surface area contributed by atoms with Gasteiger partial charge in [0.15, 0.2) is 5.16 Å². The standard InChI is InChI=1S/C22H25N3O3S2/c1-15-6-9-24(10-7-15)19(26)14-30-22-23-18-8-11-29-20(18)21(27)25(22)13-16-4-3-5-17(12-16)28-2/h3-5,8,11-12,15H,6-7,9-10,13-14H2,1-2H3. The van der Waals surface area contributed by atoms with E-state index in [2.05, 4.69) is 6.92 Å². The molecule has 4 rings (SSSR count). The van der Waals surface area contributed by atoms with Gasteiger partial charge in [0.1, 0.15) is 10.4 Å². The fourth-order valence-corrected chi connectivity index (χ4v) is 5.28. The summed E-state index contributed by atoms with van der Waals surface area (Å²) < 4.78 is 7.62. The molecule has 1 aliphatic rings. The summed E-state index contributed by atoms with van der Waals surface area (Å²) in [6.45, 7) is 4.24. The van der Waals surface area contributed by atoms with Gasteiger partial charge < -0.3 is 9.64 Å². The maximum absolute atomic E-state index is 13.1. The number of ether oxygens (including phenoxy) is 1. The molecule has 0 atom stereocenters. The minimum absolute atomic E-state index is 0.0698. The summed E-state index contributed by atoms with van der Waals surface area (Å²) in [7, 11) is 1.62. The number of amides is 1. The van der Waals surface area contributed by atoms with Crippen LogP contribution >= 0.6 is 23.1 Å². The average molecular weight is 444 g/mol. The lowest BCUT2D eigenvalue weighted by atomic mass is 9.99. The predicted octanol–water partition coefficient (Wildman–Crippen LogP) is 3.87. The molecule has 0 aliphatic carbocycles. The van der Waals surface area contributed by atoms with Crippen LogP contribution in [-0.2, 0) is 11.3 Å². The van der Waals surface area contributed by atoms with Gasteiger partial charge in [-0.1, -0.05) is 30.8 Å². The lowest BCUT2D eigenvalue weighted by Crippen LogP contribution is -2.39. The molecular formula is C22H25N3O3S2. The van der Waals surface area contributed by atoms with Gasteiger partial charge in [-0.15, -0.1) is 11.3 Å². The lowest BCUT2D eigenvalue weighted by molar-refractivity contribution is -0.129. The fraction of sp³-hybridized carbons (Fsp3) is 0.409. The average Bonchev–Trinajstić information content (AvgIpc) is 3.24. The Balaban J connectivity index is 1.59.